The van der Waals surface area contributed by atoms with Crippen LogP contribution in [0, 0.1) is 0 Å². The van der Waals surface area contributed by atoms with E-state index < -0.39 is 0 Å². The van der Waals surface area contributed by atoms with Crippen LogP contribution in [-0.2, 0) is 17.7 Å². The number of esters is 1. The van der Waals surface area contributed by atoms with Gasteiger partial charge in [0.15, 0.2) is 0 Å². The molecule has 21 heavy (non-hydrogen) atoms. The summed E-state index contributed by atoms with van der Waals surface area (Å²) in [5, 5.41) is 8.31. The third kappa shape index (κ3) is 3.28. The summed E-state index contributed by atoms with van der Waals surface area (Å²) in [7, 11) is 1.37. The van der Waals surface area contributed by atoms with Crippen molar-refractivity contribution in [3.63, 3.8) is 0 Å². The first-order valence-electron chi connectivity index (χ1n) is 7.03. The highest BCUT2D eigenvalue weighted by Gasteiger charge is 2.13. The summed E-state index contributed by atoms with van der Waals surface area (Å²) in [5.41, 5.74) is 8.94. The van der Waals surface area contributed by atoms with E-state index in [0.717, 1.165) is 36.3 Å². The second kappa shape index (κ2) is 6.99. The summed E-state index contributed by atoms with van der Waals surface area (Å²) < 4.78 is 6.48. The van der Waals surface area contributed by atoms with Gasteiger partial charge >= 0.3 is 5.97 Å². The molecule has 1 heterocycles. The van der Waals surface area contributed by atoms with Gasteiger partial charge in [0, 0.05) is 6.54 Å². The van der Waals surface area contributed by atoms with Crippen molar-refractivity contribution in [3.8, 4) is 5.69 Å². The van der Waals surface area contributed by atoms with E-state index >= 15 is 0 Å². The third-order valence-corrected chi connectivity index (χ3v) is 3.34. The number of nitrogens with two attached hydrogens (primary N) is 1. The Morgan fingerprint density at radius 3 is 2.62 bits per heavy atom. The Labute approximate surface area is 123 Å². The number of hydrogen-bond acceptors (Lipinski definition) is 5. The quantitative estimate of drug-likeness (QED) is 0.820. The zero-order valence-corrected chi connectivity index (χ0v) is 12.4. The molecule has 112 valence electrons. The largest absolute Gasteiger partial charge is 0.465 e. The zero-order chi connectivity index (χ0) is 15.2. The van der Waals surface area contributed by atoms with Crippen LogP contribution in [0.15, 0.2) is 24.3 Å². The van der Waals surface area contributed by atoms with E-state index in [1.807, 2.05) is 12.1 Å². The highest BCUT2D eigenvalue weighted by atomic mass is 16.5. The van der Waals surface area contributed by atoms with Crippen LogP contribution < -0.4 is 5.73 Å². The fourth-order valence-electron chi connectivity index (χ4n) is 2.15. The minimum Gasteiger partial charge on any atom is -0.465 e. The van der Waals surface area contributed by atoms with E-state index in [1.165, 1.54) is 7.11 Å². The molecule has 1 aromatic carbocycles. The number of aromatic nitrogens is 3. The molecule has 1 aromatic heterocycles. The lowest BCUT2D eigenvalue weighted by molar-refractivity contribution is 0.0601. The van der Waals surface area contributed by atoms with Gasteiger partial charge in [-0.3, -0.25) is 0 Å². The van der Waals surface area contributed by atoms with Crippen molar-refractivity contribution in [1.29, 1.82) is 0 Å². The van der Waals surface area contributed by atoms with Gasteiger partial charge in [-0.1, -0.05) is 18.6 Å². The number of hydrogen-bond donors (Lipinski definition) is 1. The van der Waals surface area contributed by atoms with Crippen LogP contribution in [0.2, 0.25) is 0 Å². The summed E-state index contributed by atoms with van der Waals surface area (Å²) >= 11 is 0. The highest BCUT2D eigenvalue weighted by molar-refractivity contribution is 5.89. The first-order valence-corrected chi connectivity index (χ1v) is 7.03. The number of carbonyl (C=O) groups excluding carboxylic acids is 1. The van der Waals surface area contributed by atoms with Crippen molar-refractivity contribution in [2.75, 3.05) is 7.11 Å². The Kier molecular flexibility index (Phi) is 5.05. The molecule has 2 N–H and O–H groups in total. The summed E-state index contributed by atoms with van der Waals surface area (Å²) in [5.74, 6) is -0.353. The Morgan fingerprint density at radius 1 is 1.33 bits per heavy atom. The fraction of sp³-hybridized carbons (Fsp3) is 0.400. The molecule has 0 aliphatic rings. The van der Waals surface area contributed by atoms with Gasteiger partial charge in [0.05, 0.1) is 29.7 Å². The van der Waals surface area contributed by atoms with Crippen molar-refractivity contribution in [3.05, 3.63) is 41.2 Å². The number of carbonyl (C=O) groups is 1. The van der Waals surface area contributed by atoms with Crippen LogP contribution in [0.1, 0.15) is 41.5 Å². The van der Waals surface area contributed by atoms with Gasteiger partial charge in [0.1, 0.15) is 0 Å². The van der Waals surface area contributed by atoms with Crippen LogP contribution in [0.4, 0.5) is 0 Å². The summed E-state index contributed by atoms with van der Waals surface area (Å²) in [6.45, 7) is 2.51. The molecule has 2 rings (SSSR count). The van der Waals surface area contributed by atoms with Gasteiger partial charge in [-0.05, 0) is 37.1 Å². The highest BCUT2D eigenvalue weighted by Crippen LogP contribution is 2.16. The predicted octanol–water partition coefficient (Wildman–Crippen LogP) is 1.86. The molecule has 0 unspecified atom stereocenters. The average Bonchev–Trinajstić information content (AvgIpc) is 2.95. The van der Waals surface area contributed by atoms with Gasteiger partial charge in [0.2, 0.25) is 0 Å². The van der Waals surface area contributed by atoms with Crippen LogP contribution >= 0.6 is 0 Å². The SMILES string of the molecule is CCCCc1c(CN)nnn1-c1ccc(C(=O)OC)cc1. The minimum absolute atomic E-state index is 0.353. The number of nitrogens with zero attached hydrogens (tertiary/aromatic N) is 3. The molecule has 0 saturated heterocycles. The molecule has 6 heteroatoms. The van der Waals surface area contributed by atoms with Crippen molar-refractivity contribution in [1.82, 2.24) is 15.0 Å². The molecular weight excluding hydrogens is 268 g/mol. The smallest absolute Gasteiger partial charge is 0.337 e. The molecule has 0 aliphatic carbocycles. The van der Waals surface area contributed by atoms with Crippen LogP contribution in [-0.4, -0.2) is 28.1 Å². The van der Waals surface area contributed by atoms with Crippen molar-refractivity contribution in [2.45, 2.75) is 32.7 Å². The second-order valence-corrected chi connectivity index (χ2v) is 4.74. The van der Waals surface area contributed by atoms with Crippen molar-refractivity contribution >= 4 is 5.97 Å². The normalized spacial score (nSPS) is 10.6. The van der Waals surface area contributed by atoms with Gasteiger partial charge in [-0.2, -0.15) is 0 Å². The summed E-state index contributed by atoms with van der Waals surface area (Å²) in [4.78, 5) is 11.4. The molecule has 0 aliphatic heterocycles. The molecule has 0 spiro atoms. The number of methoxy groups -OCH3 is 1. The summed E-state index contributed by atoms with van der Waals surface area (Å²) in [6, 6.07) is 7.09. The second-order valence-electron chi connectivity index (χ2n) is 4.74. The molecule has 0 saturated carbocycles. The minimum atomic E-state index is -0.353. The first-order chi connectivity index (χ1) is 10.2. The van der Waals surface area contributed by atoms with E-state index in [4.69, 9.17) is 5.73 Å². The summed E-state index contributed by atoms with van der Waals surface area (Å²) in [6.07, 6.45) is 3.03. The molecule has 0 atom stereocenters. The molecule has 0 bridgehead atoms. The molecule has 0 fully saturated rings. The lowest BCUT2D eigenvalue weighted by atomic mass is 10.1. The Morgan fingerprint density at radius 2 is 2.05 bits per heavy atom. The Hall–Kier alpha value is -2.21. The van der Waals surface area contributed by atoms with Crippen LogP contribution in [0.25, 0.3) is 5.69 Å². The maximum absolute atomic E-state index is 11.4. The maximum Gasteiger partial charge on any atom is 0.337 e. The van der Waals surface area contributed by atoms with Gasteiger partial charge in [0.25, 0.3) is 0 Å². The third-order valence-electron chi connectivity index (χ3n) is 3.34. The van der Waals surface area contributed by atoms with Crippen molar-refractivity contribution in [2.24, 2.45) is 5.73 Å². The molecule has 6 nitrogen and oxygen atoms in total. The molecule has 0 amide bonds. The zero-order valence-electron chi connectivity index (χ0n) is 12.4. The van der Waals surface area contributed by atoms with E-state index in [-0.39, 0.29) is 5.97 Å². The monoisotopic (exact) mass is 288 g/mol. The van der Waals surface area contributed by atoms with E-state index in [2.05, 4.69) is 22.0 Å². The van der Waals surface area contributed by atoms with Gasteiger partial charge < -0.3 is 10.5 Å². The maximum atomic E-state index is 11.4. The lowest BCUT2D eigenvalue weighted by Gasteiger charge is -2.08. The number of unbranched alkanes of at least 4 members (excludes halogenated alkanes) is 1. The standard InChI is InChI=1S/C15H20N4O2/c1-3-4-5-14-13(10-16)17-18-19(14)12-8-6-11(7-9-12)15(20)21-2/h6-9H,3-5,10,16H2,1-2H3. The fourth-order valence-corrected chi connectivity index (χ4v) is 2.15. The number of rotatable bonds is 6. The molecule has 0 radical (unpaired) electrons. The van der Waals surface area contributed by atoms with Crippen molar-refractivity contribution < 1.29 is 9.53 Å². The van der Waals surface area contributed by atoms with E-state index in [0.29, 0.717) is 12.1 Å². The van der Waals surface area contributed by atoms with E-state index in [9.17, 15) is 4.79 Å². The number of benzene rings is 1. The Balaban J connectivity index is 2.32. The Bertz CT molecular complexity index is 605. The van der Waals surface area contributed by atoms with Crippen LogP contribution in [0.5, 0.6) is 0 Å². The lowest BCUT2D eigenvalue weighted by Crippen LogP contribution is -2.07. The van der Waals surface area contributed by atoms with E-state index in [1.54, 1.807) is 16.8 Å². The van der Waals surface area contributed by atoms with Gasteiger partial charge in [-0.15, -0.1) is 5.10 Å². The molecule has 2 aromatic rings. The molecular formula is C15H20N4O2. The first kappa shape index (κ1) is 15.2. The number of ether oxygens (including phenoxy) is 1. The predicted molar refractivity (Wildman–Crippen MR) is 79.2 cm³/mol. The topological polar surface area (TPSA) is 83.0 Å². The van der Waals surface area contributed by atoms with Crippen LogP contribution in [0.3, 0.4) is 0 Å². The average molecular weight is 288 g/mol. The van der Waals surface area contributed by atoms with Gasteiger partial charge in [-0.25, -0.2) is 9.48 Å².